The first-order chi connectivity index (χ1) is 17.8. The summed E-state index contributed by atoms with van der Waals surface area (Å²) in [5, 5.41) is 8.62. The van der Waals surface area contributed by atoms with Gasteiger partial charge < -0.3 is 16.0 Å². The van der Waals surface area contributed by atoms with Crippen LogP contribution < -0.4 is 20.9 Å². The predicted molar refractivity (Wildman–Crippen MR) is 147 cm³/mol. The molecular weight excluding hydrogens is 507 g/mol. The highest BCUT2D eigenvalue weighted by molar-refractivity contribution is 6.07. The van der Waals surface area contributed by atoms with Crippen LogP contribution in [0.3, 0.4) is 0 Å². The highest BCUT2D eigenvalue weighted by atomic mass is 35.5. The zero-order valence-corrected chi connectivity index (χ0v) is 22.3. The van der Waals surface area contributed by atoms with Gasteiger partial charge in [0.2, 0.25) is 11.8 Å². The number of nitrogens with zero attached hydrogens (tertiary/aromatic N) is 1. The smallest absolute Gasteiger partial charge is 0.254 e. The van der Waals surface area contributed by atoms with Gasteiger partial charge in [0.25, 0.3) is 5.91 Å². The quantitative estimate of drug-likeness (QED) is 0.409. The Balaban J connectivity index is 0.00000400. The molecular formula is C29H32ClFN4O3. The third-order valence-corrected chi connectivity index (χ3v) is 6.77. The van der Waals surface area contributed by atoms with Gasteiger partial charge in [-0.15, -0.1) is 12.4 Å². The minimum atomic E-state index is -0.989. The average molecular weight is 539 g/mol. The maximum atomic E-state index is 14.1. The fraction of sp³-hybridized carbons (Fsp3) is 0.276. The number of hydrogen-bond acceptors (Lipinski definition) is 4. The van der Waals surface area contributed by atoms with Gasteiger partial charge in [-0.3, -0.25) is 19.3 Å². The third kappa shape index (κ3) is 6.20. The number of para-hydroxylation sites is 1. The Hall–Kier alpha value is -3.75. The van der Waals surface area contributed by atoms with Crippen molar-refractivity contribution < 1.29 is 18.8 Å². The van der Waals surface area contributed by atoms with Crippen molar-refractivity contribution in [3.8, 4) is 0 Å². The number of benzene rings is 3. The molecule has 0 bridgehead atoms. The van der Waals surface area contributed by atoms with Crippen LogP contribution in [0, 0.1) is 12.7 Å². The number of nitrogens with one attached hydrogen (secondary N) is 3. The van der Waals surface area contributed by atoms with E-state index in [9.17, 15) is 18.8 Å². The second-order valence-electron chi connectivity index (χ2n) is 9.21. The molecule has 3 amide bonds. The Morgan fingerprint density at radius 2 is 1.71 bits per heavy atom. The van der Waals surface area contributed by atoms with Crippen LogP contribution in [0.1, 0.15) is 35.2 Å². The number of carbonyl (C=O) groups excluding carboxylic acids is 3. The topological polar surface area (TPSA) is 90.5 Å². The number of anilines is 1. The van der Waals surface area contributed by atoms with Crippen LogP contribution in [0.5, 0.6) is 0 Å². The molecule has 0 saturated carbocycles. The van der Waals surface area contributed by atoms with Crippen LogP contribution in [0.4, 0.5) is 10.1 Å². The lowest BCUT2D eigenvalue weighted by Crippen LogP contribution is -2.53. The van der Waals surface area contributed by atoms with Crippen LogP contribution >= 0.6 is 12.4 Å². The van der Waals surface area contributed by atoms with Gasteiger partial charge in [0.1, 0.15) is 17.9 Å². The summed E-state index contributed by atoms with van der Waals surface area (Å²) in [4.78, 5) is 41.8. The number of hydrogen-bond donors (Lipinski definition) is 3. The number of rotatable bonds is 8. The van der Waals surface area contributed by atoms with Gasteiger partial charge in [-0.05, 0) is 61.3 Å². The molecule has 0 fully saturated rings. The van der Waals surface area contributed by atoms with Crippen molar-refractivity contribution >= 4 is 35.8 Å². The van der Waals surface area contributed by atoms with E-state index in [0.717, 1.165) is 11.1 Å². The first kappa shape index (κ1) is 28.8. The lowest BCUT2D eigenvalue weighted by molar-refractivity contribution is -0.130. The van der Waals surface area contributed by atoms with Crippen molar-refractivity contribution in [1.29, 1.82) is 0 Å². The molecule has 3 aromatic rings. The van der Waals surface area contributed by atoms with Crippen LogP contribution in [-0.4, -0.2) is 36.9 Å². The molecule has 3 N–H and O–H groups in total. The van der Waals surface area contributed by atoms with Crippen molar-refractivity contribution in [2.24, 2.45) is 0 Å². The Morgan fingerprint density at radius 1 is 1.03 bits per heavy atom. The standard InChI is InChI=1S/C29H31FN4O3.ClH/c1-18-13-14-23(30)15-22(18)17-32-28(36)25-16-21-11-7-8-12-24(21)34(25)29(37)26(20-9-5-4-6-10-20)33-27(35)19(2)31-3;/h4-15,19,25-26,31H,16-17H2,1-3H3,(H,32,36)(H,33,35);1H/t19-,25-,26-;/m0./s1. The zero-order chi connectivity index (χ0) is 26.5. The van der Waals surface area contributed by atoms with E-state index in [0.29, 0.717) is 23.2 Å². The maximum absolute atomic E-state index is 14.1. The molecule has 0 unspecified atom stereocenters. The molecule has 4 rings (SSSR count). The van der Waals surface area contributed by atoms with E-state index < -0.39 is 24.0 Å². The van der Waals surface area contributed by atoms with Gasteiger partial charge >= 0.3 is 0 Å². The van der Waals surface area contributed by atoms with E-state index in [1.54, 1.807) is 50.4 Å². The van der Waals surface area contributed by atoms with E-state index in [1.165, 1.54) is 17.0 Å². The lowest BCUT2D eigenvalue weighted by Gasteiger charge is -2.30. The average Bonchev–Trinajstić information content (AvgIpc) is 3.31. The van der Waals surface area contributed by atoms with Gasteiger partial charge in [-0.25, -0.2) is 4.39 Å². The van der Waals surface area contributed by atoms with E-state index in [2.05, 4.69) is 16.0 Å². The monoisotopic (exact) mass is 538 g/mol. The summed E-state index contributed by atoms with van der Waals surface area (Å²) in [5.41, 5.74) is 3.63. The van der Waals surface area contributed by atoms with Gasteiger partial charge in [-0.1, -0.05) is 54.6 Å². The fourth-order valence-corrected chi connectivity index (χ4v) is 4.47. The largest absolute Gasteiger partial charge is 0.350 e. The number of likely N-dealkylation sites (N-methyl/N-ethyl adjacent to an activating group) is 1. The highest BCUT2D eigenvalue weighted by Crippen LogP contribution is 2.34. The van der Waals surface area contributed by atoms with E-state index in [1.807, 2.05) is 31.2 Å². The van der Waals surface area contributed by atoms with Crippen molar-refractivity contribution in [2.75, 3.05) is 11.9 Å². The molecule has 0 spiro atoms. The molecule has 1 aliphatic heterocycles. The SMILES string of the molecule is CN[C@@H](C)C(=O)N[C@H](C(=O)N1c2ccccc2C[C@H]1C(=O)NCc1cc(F)ccc1C)c1ccccc1.Cl. The van der Waals surface area contributed by atoms with Gasteiger partial charge in [0.05, 0.1) is 6.04 Å². The Bertz CT molecular complexity index is 1300. The Kier molecular flexibility index (Phi) is 9.61. The molecule has 1 aliphatic rings. The summed E-state index contributed by atoms with van der Waals surface area (Å²) < 4.78 is 13.8. The van der Waals surface area contributed by atoms with Crippen LogP contribution in [0.15, 0.2) is 72.8 Å². The molecule has 9 heteroatoms. The summed E-state index contributed by atoms with van der Waals surface area (Å²) in [6.07, 6.45) is 0.332. The van der Waals surface area contributed by atoms with Gasteiger partial charge in [-0.2, -0.15) is 0 Å². The van der Waals surface area contributed by atoms with Crippen molar-refractivity contribution in [1.82, 2.24) is 16.0 Å². The fourth-order valence-electron chi connectivity index (χ4n) is 4.47. The second-order valence-corrected chi connectivity index (χ2v) is 9.21. The highest BCUT2D eigenvalue weighted by Gasteiger charge is 2.41. The molecule has 7 nitrogen and oxygen atoms in total. The molecule has 0 aromatic heterocycles. The minimum Gasteiger partial charge on any atom is -0.350 e. The minimum absolute atomic E-state index is 0. The van der Waals surface area contributed by atoms with Crippen molar-refractivity contribution in [3.05, 3.63) is 101 Å². The van der Waals surface area contributed by atoms with Gasteiger partial charge in [0.15, 0.2) is 0 Å². The predicted octanol–water partition coefficient (Wildman–Crippen LogP) is 3.60. The number of fused-ring (bicyclic) bond motifs is 1. The number of halogens is 2. The first-order valence-electron chi connectivity index (χ1n) is 12.3. The van der Waals surface area contributed by atoms with Crippen LogP contribution in [0.25, 0.3) is 0 Å². The first-order valence-corrected chi connectivity index (χ1v) is 12.3. The summed E-state index contributed by atoms with van der Waals surface area (Å²) in [7, 11) is 1.67. The summed E-state index contributed by atoms with van der Waals surface area (Å²) >= 11 is 0. The van der Waals surface area contributed by atoms with Crippen molar-refractivity contribution in [3.63, 3.8) is 0 Å². The summed E-state index contributed by atoms with van der Waals surface area (Å²) in [6.45, 7) is 3.69. The van der Waals surface area contributed by atoms with Gasteiger partial charge in [0, 0.05) is 18.7 Å². The van der Waals surface area contributed by atoms with E-state index in [4.69, 9.17) is 0 Å². The Morgan fingerprint density at radius 3 is 2.42 bits per heavy atom. The molecule has 0 radical (unpaired) electrons. The Labute approximate surface area is 228 Å². The van der Waals surface area contributed by atoms with Crippen LogP contribution in [-0.2, 0) is 27.3 Å². The molecule has 38 heavy (non-hydrogen) atoms. The van der Waals surface area contributed by atoms with E-state index in [-0.39, 0.29) is 36.6 Å². The summed E-state index contributed by atoms with van der Waals surface area (Å²) in [5.74, 6) is -1.47. The molecule has 0 saturated heterocycles. The second kappa shape index (κ2) is 12.7. The van der Waals surface area contributed by atoms with Crippen LogP contribution in [0.2, 0.25) is 0 Å². The summed E-state index contributed by atoms with van der Waals surface area (Å²) in [6, 6.07) is 18.5. The molecule has 0 aliphatic carbocycles. The lowest BCUT2D eigenvalue weighted by atomic mass is 10.0. The zero-order valence-electron chi connectivity index (χ0n) is 21.5. The molecule has 3 aromatic carbocycles. The maximum Gasteiger partial charge on any atom is 0.254 e. The number of aryl methyl sites for hydroxylation is 1. The molecule has 1 heterocycles. The van der Waals surface area contributed by atoms with Crippen molar-refractivity contribution in [2.45, 2.75) is 44.9 Å². The molecule has 3 atom stereocenters. The normalized spacial score (nSPS) is 15.6. The third-order valence-electron chi connectivity index (χ3n) is 6.77. The number of amides is 3. The number of carbonyl (C=O) groups is 3. The molecule has 200 valence electrons. The van der Waals surface area contributed by atoms with E-state index >= 15 is 0 Å².